The van der Waals surface area contributed by atoms with Crippen LogP contribution in [0.3, 0.4) is 0 Å². The van der Waals surface area contributed by atoms with Crippen molar-refractivity contribution in [2.24, 2.45) is 11.8 Å². The second-order valence-corrected chi connectivity index (χ2v) is 7.40. The molecule has 0 amide bonds. The number of ether oxygens (including phenoxy) is 1. The Bertz CT molecular complexity index is 751. The second kappa shape index (κ2) is 6.90. The zero-order valence-electron chi connectivity index (χ0n) is 14.6. The van der Waals surface area contributed by atoms with Crippen LogP contribution in [0.4, 0.5) is 0 Å². The first-order valence-corrected chi connectivity index (χ1v) is 9.14. The number of nitrogens with zero attached hydrogens (tertiary/aromatic N) is 2. The normalized spacial score (nSPS) is 29.7. The number of benzene rings is 1. The van der Waals surface area contributed by atoms with E-state index in [2.05, 4.69) is 22.0 Å². The molecule has 5 heteroatoms. The van der Waals surface area contributed by atoms with Gasteiger partial charge in [0.25, 0.3) is 0 Å². The lowest BCUT2D eigenvalue weighted by atomic mass is 9.72. The summed E-state index contributed by atoms with van der Waals surface area (Å²) in [6.45, 7) is 1.86. The number of pyridine rings is 1. The van der Waals surface area contributed by atoms with Crippen molar-refractivity contribution in [3.8, 4) is 5.75 Å². The van der Waals surface area contributed by atoms with E-state index in [-0.39, 0.29) is 12.5 Å². The molecule has 1 aromatic heterocycles. The molecule has 3 saturated heterocycles. The van der Waals surface area contributed by atoms with Gasteiger partial charge in [-0.1, -0.05) is 0 Å². The summed E-state index contributed by atoms with van der Waals surface area (Å²) in [4.78, 5) is 6.97. The number of aliphatic hydroxyl groups is 2. The molecule has 1 aromatic carbocycles. The predicted molar refractivity (Wildman–Crippen MR) is 96.7 cm³/mol. The number of piperidine rings is 3. The molecule has 0 aliphatic carbocycles. The van der Waals surface area contributed by atoms with Crippen molar-refractivity contribution >= 4 is 10.9 Å². The van der Waals surface area contributed by atoms with Gasteiger partial charge in [-0.05, 0) is 61.6 Å². The summed E-state index contributed by atoms with van der Waals surface area (Å²) in [5.74, 6) is 1.59. The summed E-state index contributed by atoms with van der Waals surface area (Å²) in [5, 5.41) is 20.5. The summed E-state index contributed by atoms with van der Waals surface area (Å²) < 4.78 is 5.38. The van der Waals surface area contributed by atoms with Gasteiger partial charge in [-0.3, -0.25) is 9.88 Å². The molecular formula is C20H26N2O3. The molecule has 4 heterocycles. The average molecular weight is 342 g/mol. The van der Waals surface area contributed by atoms with Crippen molar-refractivity contribution in [2.75, 3.05) is 26.8 Å². The van der Waals surface area contributed by atoms with Gasteiger partial charge in [0.15, 0.2) is 0 Å². The molecule has 3 aliphatic heterocycles. The first-order valence-electron chi connectivity index (χ1n) is 9.14. The van der Waals surface area contributed by atoms with E-state index in [1.807, 2.05) is 18.3 Å². The number of hydrogen-bond acceptors (Lipinski definition) is 5. The third kappa shape index (κ3) is 3.12. The van der Waals surface area contributed by atoms with E-state index in [0.29, 0.717) is 12.0 Å². The number of fused-ring (bicyclic) bond motifs is 4. The minimum Gasteiger partial charge on any atom is -0.497 e. The van der Waals surface area contributed by atoms with Gasteiger partial charge in [-0.2, -0.15) is 0 Å². The number of rotatable bonds is 5. The molecule has 2 aromatic rings. The Morgan fingerprint density at radius 3 is 2.96 bits per heavy atom. The quantitative estimate of drug-likeness (QED) is 0.868. The minimum atomic E-state index is -0.584. The fourth-order valence-electron chi connectivity index (χ4n) is 4.70. The van der Waals surface area contributed by atoms with E-state index in [1.54, 1.807) is 7.11 Å². The molecular weight excluding hydrogens is 316 g/mol. The number of aromatic nitrogens is 1. The van der Waals surface area contributed by atoms with Gasteiger partial charge < -0.3 is 14.9 Å². The van der Waals surface area contributed by atoms with E-state index in [0.717, 1.165) is 49.0 Å². The zero-order valence-corrected chi connectivity index (χ0v) is 14.6. The molecule has 5 nitrogen and oxygen atoms in total. The molecule has 134 valence electrons. The first-order chi connectivity index (χ1) is 12.2. The molecule has 3 aliphatic rings. The van der Waals surface area contributed by atoms with Gasteiger partial charge in [-0.25, -0.2) is 0 Å². The SMILES string of the molecule is COc1ccc2nccc(C[C@H]3C[C@@H]4CCN3C[C@@H]4[C@@H](O)CO)c2c1. The van der Waals surface area contributed by atoms with E-state index >= 15 is 0 Å². The van der Waals surface area contributed by atoms with Crippen LogP contribution in [0.1, 0.15) is 18.4 Å². The molecule has 0 radical (unpaired) electrons. The van der Waals surface area contributed by atoms with Crippen LogP contribution in [0.15, 0.2) is 30.5 Å². The Hall–Kier alpha value is -1.69. The lowest BCUT2D eigenvalue weighted by Crippen LogP contribution is -2.57. The van der Waals surface area contributed by atoms with Crippen LogP contribution >= 0.6 is 0 Å². The Morgan fingerprint density at radius 1 is 1.36 bits per heavy atom. The lowest BCUT2D eigenvalue weighted by molar-refractivity contribution is -0.0686. The van der Waals surface area contributed by atoms with Crippen molar-refractivity contribution in [3.63, 3.8) is 0 Å². The first kappa shape index (κ1) is 16.8. The maximum Gasteiger partial charge on any atom is 0.119 e. The van der Waals surface area contributed by atoms with E-state index in [1.165, 1.54) is 5.56 Å². The van der Waals surface area contributed by atoms with Crippen LogP contribution in [0.2, 0.25) is 0 Å². The van der Waals surface area contributed by atoms with E-state index in [4.69, 9.17) is 4.74 Å². The van der Waals surface area contributed by atoms with Crippen molar-refractivity contribution < 1.29 is 14.9 Å². The standard InChI is InChI=1S/C20H26N2O3/c1-25-16-2-3-19-17(10-16)13(4-6-21-19)8-15-9-14-5-7-22(15)11-18(14)20(24)12-23/h2-4,6,10,14-15,18,20,23-24H,5,7-9,11-12H2,1H3/t14-,15-,18-,20-/m0/s1. The highest BCUT2D eigenvalue weighted by Gasteiger charge is 2.42. The van der Waals surface area contributed by atoms with Gasteiger partial charge >= 0.3 is 0 Å². The average Bonchev–Trinajstić information content (AvgIpc) is 2.67. The van der Waals surface area contributed by atoms with Crippen LogP contribution < -0.4 is 4.74 Å². The molecule has 0 spiro atoms. The van der Waals surface area contributed by atoms with Crippen LogP contribution in [0, 0.1) is 11.8 Å². The molecule has 5 rings (SSSR count). The highest BCUT2D eigenvalue weighted by Crippen LogP contribution is 2.39. The Kier molecular flexibility index (Phi) is 4.63. The van der Waals surface area contributed by atoms with Crippen LogP contribution in [0.5, 0.6) is 5.75 Å². The van der Waals surface area contributed by atoms with Gasteiger partial charge in [0.05, 0.1) is 25.3 Å². The summed E-state index contributed by atoms with van der Waals surface area (Å²) in [5.41, 5.74) is 2.31. The maximum atomic E-state index is 10.1. The molecule has 5 atom stereocenters. The molecule has 2 N–H and O–H groups in total. The van der Waals surface area contributed by atoms with Crippen molar-refractivity contribution in [3.05, 3.63) is 36.0 Å². The predicted octanol–water partition coefficient (Wildman–Crippen LogP) is 1.85. The highest BCUT2D eigenvalue weighted by atomic mass is 16.5. The summed E-state index contributed by atoms with van der Waals surface area (Å²) in [7, 11) is 1.69. The largest absolute Gasteiger partial charge is 0.497 e. The third-order valence-corrected chi connectivity index (χ3v) is 6.10. The maximum absolute atomic E-state index is 10.1. The summed E-state index contributed by atoms with van der Waals surface area (Å²) >= 11 is 0. The van der Waals surface area contributed by atoms with Crippen molar-refractivity contribution in [1.82, 2.24) is 9.88 Å². The lowest BCUT2D eigenvalue weighted by Gasteiger charge is -2.51. The Morgan fingerprint density at radius 2 is 2.24 bits per heavy atom. The molecule has 2 bridgehead atoms. The van der Waals surface area contributed by atoms with E-state index in [9.17, 15) is 10.2 Å². The van der Waals surface area contributed by atoms with Gasteiger partial charge in [0.1, 0.15) is 5.75 Å². The van der Waals surface area contributed by atoms with Crippen LogP contribution in [-0.2, 0) is 6.42 Å². The van der Waals surface area contributed by atoms with E-state index < -0.39 is 6.10 Å². The molecule has 0 saturated carbocycles. The third-order valence-electron chi connectivity index (χ3n) is 6.10. The van der Waals surface area contributed by atoms with Gasteiger partial charge in [0, 0.05) is 30.1 Å². The van der Waals surface area contributed by atoms with Crippen molar-refractivity contribution in [1.29, 1.82) is 0 Å². The van der Waals surface area contributed by atoms with Gasteiger partial charge in [-0.15, -0.1) is 0 Å². The Labute approximate surface area is 148 Å². The van der Waals surface area contributed by atoms with Crippen molar-refractivity contribution in [2.45, 2.75) is 31.4 Å². The fraction of sp³-hybridized carbons (Fsp3) is 0.550. The topological polar surface area (TPSA) is 65.8 Å². The molecule has 3 fully saturated rings. The highest BCUT2D eigenvalue weighted by molar-refractivity contribution is 5.83. The smallest absolute Gasteiger partial charge is 0.119 e. The number of hydrogen-bond donors (Lipinski definition) is 2. The molecule has 25 heavy (non-hydrogen) atoms. The fourth-order valence-corrected chi connectivity index (χ4v) is 4.70. The zero-order chi connectivity index (χ0) is 17.4. The molecule has 1 unspecified atom stereocenters. The van der Waals surface area contributed by atoms with Crippen LogP contribution in [-0.4, -0.2) is 59.0 Å². The minimum absolute atomic E-state index is 0.130. The summed E-state index contributed by atoms with van der Waals surface area (Å²) in [6, 6.07) is 8.65. The summed E-state index contributed by atoms with van der Waals surface area (Å²) in [6.07, 6.45) is 4.52. The van der Waals surface area contributed by atoms with Crippen LogP contribution in [0.25, 0.3) is 10.9 Å². The number of methoxy groups -OCH3 is 1. The second-order valence-electron chi connectivity index (χ2n) is 7.40. The number of aliphatic hydroxyl groups excluding tert-OH is 2. The van der Waals surface area contributed by atoms with Gasteiger partial charge in [0.2, 0.25) is 0 Å². The monoisotopic (exact) mass is 342 g/mol. The Balaban J connectivity index is 1.56.